The molecule has 0 radical (unpaired) electrons. The first-order valence-electron chi connectivity index (χ1n) is 5.94. The summed E-state index contributed by atoms with van der Waals surface area (Å²) in [6.45, 7) is 9.26. The summed E-state index contributed by atoms with van der Waals surface area (Å²) in [5.74, 6) is 1.55. The monoisotopic (exact) mass is 255 g/mol. The van der Waals surface area contributed by atoms with Crippen LogP contribution < -0.4 is 0 Å². The first kappa shape index (κ1) is 14.2. The smallest absolute Gasteiger partial charge is 0.150 e. The van der Waals surface area contributed by atoms with Gasteiger partial charge in [-0.3, -0.25) is 4.79 Å². The van der Waals surface area contributed by atoms with Gasteiger partial charge in [-0.25, -0.2) is 9.67 Å². The zero-order chi connectivity index (χ0) is 12.9. The van der Waals surface area contributed by atoms with Crippen LogP contribution in [0.25, 0.3) is 0 Å². The van der Waals surface area contributed by atoms with E-state index in [2.05, 4.69) is 37.8 Å². The fourth-order valence-corrected chi connectivity index (χ4v) is 2.04. The Hall–Kier alpha value is -0.840. The van der Waals surface area contributed by atoms with Crippen LogP contribution in [-0.4, -0.2) is 31.0 Å². The van der Waals surface area contributed by atoms with Crippen molar-refractivity contribution in [1.82, 2.24) is 14.8 Å². The van der Waals surface area contributed by atoms with Crippen molar-refractivity contribution in [2.24, 2.45) is 0 Å². The molecule has 0 aliphatic carbocycles. The SMILES string of the molecule is CCCn1ncnc1CC(=O)CSC(C)(C)C. The van der Waals surface area contributed by atoms with Gasteiger partial charge in [-0.2, -0.15) is 5.10 Å². The van der Waals surface area contributed by atoms with Crippen molar-refractivity contribution in [3.63, 3.8) is 0 Å². The third-order valence-electron chi connectivity index (χ3n) is 2.15. The molecule has 0 N–H and O–H groups in total. The Labute approximate surface area is 107 Å². The van der Waals surface area contributed by atoms with Crippen LogP contribution in [0.3, 0.4) is 0 Å². The molecule has 0 unspecified atom stereocenters. The van der Waals surface area contributed by atoms with Crippen LogP contribution in [0.1, 0.15) is 39.9 Å². The minimum atomic E-state index is 0.132. The molecule has 1 aromatic heterocycles. The Kier molecular flexibility index (Phi) is 5.18. The lowest BCUT2D eigenvalue weighted by molar-refractivity contribution is -0.116. The van der Waals surface area contributed by atoms with Gasteiger partial charge in [-0.15, -0.1) is 11.8 Å². The molecule has 0 fully saturated rings. The minimum Gasteiger partial charge on any atom is -0.298 e. The van der Waals surface area contributed by atoms with E-state index < -0.39 is 0 Å². The molecular weight excluding hydrogens is 234 g/mol. The van der Waals surface area contributed by atoms with Gasteiger partial charge in [0, 0.05) is 11.3 Å². The van der Waals surface area contributed by atoms with E-state index >= 15 is 0 Å². The van der Waals surface area contributed by atoms with Crippen LogP contribution in [0.4, 0.5) is 0 Å². The number of hydrogen-bond acceptors (Lipinski definition) is 4. The van der Waals surface area contributed by atoms with E-state index in [1.54, 1.807) is 11.8 Å². The van der Waals surface area contributed by atoms with Crippen molar-refractivity contribution < 1.29 is 4.79 Å². The third kappa shape index (κ3) is 5.35. The number of hydrogen-bond donors (Lipinski definition) is 0. The molecule has 4 nitrogen and oxygen atoms in total. The lowest BCUT2D eigenvalue weighted by Gasteiger charge is -2.16. The van der Waals surface area contributed by atoms with Crippen molar-refractivity contribution in [3.8, 4) is 0 Å². The zero-order valence-electron chi connectivity index (χ0n) is 11.1. The molecule has 0 atom stereocenters. The molecule has 1 heterocycles. The molecule has 17 heavy (non-hydrogen) atoms. The third-order valence-corrected chi connectivity index (χ3v) is 3.48. The fourth-order valence-electron chi connectivity index (χ4n) is 1.35. The summed E-state index contributed by atoms with van der Waals surface area (Å²) < 4.78 is 1.95. The highest BCUT2D eigenvalue weighted by molar-refractivity contribution is 8.01. The molecule has 0 saturated heterocycles. The number of carbonyl (C=O) groups is 1. The number of carbonyl (C=O) groups excluding carboxylic acids is 1. The van der Waals surface area contributed by atoms with Crippen LogP contribution in [0, 0.1) is 0 Å². The number of nitrogens with zero attached hydrogens (tertiary/aromatic N) is 3. The van der Waals surface area contributed by atoms with E-state index in [1.165, 1.54) is 6.33 Å². The van der Waals surface area contributed by atoms with Crippen molar-refractivity contribution in [3.05, 3.63) is 12.2 Å². The molecule has 0 aliphatic rings. The van der Waals surface area contributed by atoms with Gasteiger partial charge in [0.1, 0.15) is 17.9 Å². The fraction of sp³-hybridized carbons (Fsp3) is 0.750. The summed E-state index contributed by atoms with van der Waals surface area (Å²) in [6.07, 6.45) is 2.92. The number of rotatable bonds is 6. The van der Waals surface area contributed by atoms with E-state index in [9.17, 15) is 4.79 Å². The second kappa shape index (κ2) is 6.19. The normalized spacial score (nSPS) is 11.8. The van der Waals surface area contributed by atoms with Gasteiger partial charge >= 0.3 is 0 Å². The second-order valence-corrected chi connectivity index (χ2v) is 6.82. The number of thioether (sulfide) groups is 1. The molecule has 0 amide bonds. The molecular formula is C12H21N3OS. The Balaban J connectivity index is 2.47. The lowest BCUT2D eigenvalue weighted by Crippen LogP contribution is -2.16. The summed E-state index contributed by atoms with van der Waals surface area (Å²) >= 11 is 1.68. The highest BCUT2D eigenvalue weighted by Crippen LogP contribution is 2.23. The maximum atomic E-state index is 11.8. The number of aromatic nitrogens is 3. The van der Waals surface area contributed by atoms with Crippen LogP contribution in [0.5, 0.6) is 0 Å². The predicted octanol–water partition coefficient (Wildman–Crippen LogP) is 2.33. The molecule has 0 aliphatic heterocycles. The maximum absolute atomic E-state index is 11.8. The Morgan fingerprint density at radius 1 is 1.47 bits per heavy atom. The molecule has 0 aromatic carbocycles. The van der Waals surface area contributed by atoms with E-state index in [4.69, 9.17) is 0 Å². The van der Waals surface area contributed by atoms with Crippen molar-refractivity contribution >= 4 is 17.5 Å². The van der Waals surface area contributed by atoms with E-state index in [0.29, 0.717) is 12.2 Å². The van der Waals surface area contributed by atoms with Gasteiger partial charge in [0.15, 0.2) is 0 Å². The largest absolute Gasteiger partial charge is 0.298 e. The molecule has 0 bridgehead atoms. The van der Waals surface area contributed by atoms with Gasteiger partial charge in [0.2, 0.25) is 0 Å². The van der Waals surface area contributed by atoms with Crippen molar-refractivity contribution in [2.45, 2.75) is 51.8 Å². The van der Waals surface area contributed by atoms with Gasteiger partial charge < -0.3 is 0 Å². The molecule has 0 spiro atoms. The predicted molar refractivity (Wildman–Crippen MR) is 71.2 cm³/mol. The summed E-state index contributed by atoms with van der Waals surface area (Å²) in [5, 5.41) is 4.11. The zero-order valence-corrected chi connectivity index (χ0v) is 11.9. The first-order chi connectivity index (χ1) is 7.92. The van der Waals surface area contributed by atoms with E-state index in [0.717, 1.165) is 18.8 Å². The van der Waals surface area contributed by atoms with Crippen LogP contribution in [0.15, 0.2) is 6.33 Å². The minimum absolute atomic E-state index is 0.132. The van der Waals surface area contributed by atoms with Gasteiger partial charge in [0.05, 0.1) is 12.2 Å². The Morgan fingerprint density at radius 3 is 2.76 bits per heavy atom. The summed E-state index contributed by atoms with van der Waals surface area (Å²) in [7, 11) is 0. The second-order valence-electron chi connectivity index (χ2n) is 5.02. The van der Waals surface area contributed by atoms with Crippen LogP contribution in [0.2, 0.25) is 0 Å². The Bertz CT molecular complexity index is 368. The molecule has 1 aromatic rings. The van der Waals surface area contributed by atoms with E-state index in [1.807, 2.05) is 4.68 Å². The molecule has 0 saturated carbocycles. The van der Waals surface area contributed by atoms with Gasteiger partial charge in [-0.1, -0.05) is 27.7 Å². The van der Waals surface area contributed by atoms with Gasteiger partial charge in [-0.05, 0) is 6.42 Å². The number of aryl methyl sites for hydroxylation is 1. The standard InChI is InChI=1S/C12H21N3OS/c1-5-6-15-11(13-9-14-15)7-10(16)8-17-12(2,3)4/h9H,5-8H2,1-4H3. The average Bonchev–Trinajstić information content (AvgIpc) is 2.63. The summed E-state index contributed by atoms with van der Waals surface area (Å²) in [5.41, 5.74) is 0. The number of Topliss-reactive ketones (excluding diaryl/α,β-unsaturated/α-hetero) is 1. The highest BCUT2D eigenvalue weighted by Gasteiger charge is 2.15. The van der Waals surface area contributed by atoms with Gasteiger partial charge in [0.25, 0.3) is 0 Å². The lowest BCUT2D eigenvalue weighted by atomic mass is 10.3. The first-order valence-corrected chi connectivity index (χ1v) is 6.93. The molecule has 96 valence electrons. The maximum Gasteiger partial charge on any atom is 0.150 e. The highest BCUT2D eigenvalue weighted by atomic mass is 32.2. The average molecular weight is 255 g/mol. The topological polar surface area (TPSA) is 47.8 Å². The number of ketones is 1. The van der Waals surface area contributed by atoms with Crippen molar-refractivity contribution in [1.29, 1.82) is 0 Å². The van der Waals surface area contributed by atoms with E-state index in [-0.39, 0.29) is 10.5 Å². The van der Waals surface area contributed by atoms with Crippen LogP contribution in [-0.2, 0) is 17.8 Å². The summed E-state index contributed by atoms with van der Waals surface area (Å²) in [6, 6.07) is 0. The van der Waals surface area contributed by atoms with Crippen molar-refractivity contribution in [2.75, 3.05) is 5.75 Å². The molecule has 5 heteroatoms. The van der Waals surface area contributed by atoms with Crippen LogP contribution >= 0.6 is 11.8 Å². The summed E-state index contributed by atoms with van der Waals surface area (Å²) in [4.78, 5) is 16.0. The quantitative estimate of drug-likeness (QED) is 0.783. The Morgan fingerprint density at radius 2 is 2.18 bits per heavy atom. The molecule has 1 rings (SSSR count).